The van der Waals surface area contributed by atoms with Crippen LogP contribution in [0.2, 0.25) is 0 Å². The second kappa shape index (κ2) is 3.24. The lowest BCUT2D eigenvalue weighted by atomic mass is 9.89. The van der Waals surface area contributed by atoms with Gasteiger partial charge < -0.3 is 10.5 Å². The van der Waals surface area contributed by atoms with Crippen LogP contribution in [0.25, 0.3) is 0 Å². The molecule has 0 saturated heterocycles. The highest BCUT2D eigenvalue weighted by Gasteiger charge is 2.24. The van der Waals surface area contributed by atoms with E-state index in [2.05, 4.69) is 0 Å². The van der Waals surface area contributed by atoms with E-state index in [1.165, 1.54) is 0 Å². The van der Waals surface area contributed by atoms with Gasteiger partial charge in [-0.05, 0) is 29.9 Å². The Bertz CT molecular complexity index is 388. The highest BCUT2D eigenvalue weighted by Crippen LogP contribution is 2.26. The molecule has 0 saturated carbocycles. The molecule has 0 radical (unpaired) electrons. The van der Waals surface area contributed by atoms with E-state index < -0.39 is 5.60 Å². The average molecular weight is 185 g/mol. The van der Waals surface area contributed by atoms with E-state index in [1.807, 2.05) is 30.3 Å². The molecule has 0 aliphatic heterocycles. The van der Waals surface area contributed by atoms with Crippen molar-refractivity contribution < 1.29 is 5.11 Å². The molecule has 0 unspecified atom stereocenters. The van der Waals surface area contributed by atoms with Crippen molar-refractivity contribution in [1.82, 2.24) is 0 Å². The van der Waals surface area contributed by atoms with Gasteiger partial charge in [-0.25, -0.2) is 0 Å². The van der Waals surface area contributed by atoms with Gasteiger partial charge in [0.1, 0.15) is 5.60 Å². The molecule has 0 aromatic heterocycles. The van der Waals surface area contributed by atoms with Crippen molar-refractivity contribution in [1.29, 1.82) is 5.41 Å². The Morgan fingerprint density at radius 3 is 2.14 bits per heavy atom. The van der Waals surface area contributed by atoms with Crippen LogP contribution in [0.5, 0.6) is 0 Å². The van der Waals surface area contributed by atoms with E-state index >= 15 is 0 Å². The predicted molar refractivity (Wildman–Crippen MR) is 56.3 cm³/mol. The van der Waals surface area contributed by atoms with Crippen molar-refractivity contribution >= 4 is 5.71 Å². The molecule has 0 heterocycles. The number of hydrogen-bond acceptors (Lipinski definition) is 2. The van der Waals surface area contributed by atoms with Crippen LogP contribution in [0.3, 0.4) is 0 Å². The van der Waals surface area contributed by atoms with Gasteiger partial charge >= 0.3 is 0 Å². The van der Waals surface area contributed by atoms with E-state index in [-0.39, 0.29) is 0 Å². The summed E-state index contributed by atoms with van der Waals surface area (Å²) >= 11 is 0. The molecule has 0 bridgehead atoms. The second-order valence-electron chi connectivity index (χ2n) is 3.31. The molecule has 0 atom stereocenters. The maximum Gasteiger partial charge on any atom is 0.127 e. The summed E-state index contributed by atoms with van der Waals surface area (Å²) in [6.45, 7) is 0. The molecule has 0 spiro atoms. The number of allylic oxidation sites excluding steroid dienone is 2. The molecular formula is C12H11NO. The summed E-state index contributed by atoms with van der Waals surface area (Å²) in [5, 5.41) is 17.5. The van der Waals surface area contributed by atoms with Gasteiger partial charge in [0.25, 0.3) is 0 Å². The van der Waals surface area contributed by atoms with E-state index in [0.717, 1.165) is 5.56 Å². The van der Waals surface area contributed by atoms with Crippen LogP contribution in [0.15, 0.2) is 54.6 Å². The molecule has 1 aromatic rings. The predicted octanol–water partition coefficient (Wildman–Crippen LogP) is 2.02. The molecule has 2 nitrogen and oxygen atoms in total. The van der Waals surface area contributed by atoms with E-state index in [4.69, 9.17) is 5.41 Å². The van der Waals surface area contributed by atoms with Crippen LogP contribution in [0.4, 0.5) is 0 Å². The first-order chi connectivity index (χ1) is 6.71. The molecule has 2 rings (SSSR count). The van der Waals surface area contributed by atoms with E-state index in [0.29, 0.717) is 5.71 Å². The van der Waals surface area contributed by atoms with Gasteiger partial charge in [-0.15, -0.1) is 0 Å². The van der Waals surface area contributed by atoms with Crippen LogP contribution in [-0.2, 0) is 5.60 Å². The number of rotatable bonds is 1. The maximum absolute atomic E-state index is 10.2. The molecule has 0 fully saturated rings. The minimum atomic E-state index is -1.05. The maximum atomic E-state index is 10.2. The molecule has 0 amide bonds. The van der Waals surface area contributed by atoms with Crippen molar-refractivity contribution in [2.75, 3.05) is 0 Å². The fourth-order valence-corrected chi connectivity index (χ4v) is 1.44. The molecule has 2 heteroatoms. The summed E-state index contributed by atoms with van der Waals surface area (Å²) in [5.74, 6) is 0. The van der Waals surface area contributed by atoms with Crippen molar-refractivity contribution in [3.05, 3.63) is 60.2 Å². The van der Waals surface area contributed by atoms with Crippen molar-refractivity contribution in [2.24, 2.45) is 0 Å². The summed E-state index contributed by atoms with van der Waals surface area (Å²) in [6.07, 6.45) is 6.47. The van der Waals surface area contributed by atoms with Gasteiger partial charge in [0.05, 0.1) is 5.71 Å². The molecule has 1 aliphatic carbocycles. The van der Waals surface area contributed by atoms with Gasteiger partial charge in [0.2, 0.25) is 0 Å². The summed E-state index contributed by atoms with van der Waals surface area (Å²) in [4.78, 5) is 0. The average Bonchev–Trinajstić information content (AvgIpc) is 2.24. The van der Waals surface area contributed by atoms with Crippen molar-refractivity contribution in [3.8, 4) is 0 Å². The largest absolute Gasteiger partial charge is 0.377 e. The summed E-state index contributed by atoms with van der Waals surface area (Å²) < 4.78 is 0. The number of benzene rings is 1. The highest BCUT2D eigenvalue weighted by atomic mass is 16.3. The van der Waals surface area contributed by atoms with Crippen LogP contribution in [-0.4, -0.2) is 10.8 Å². The zero-order chi connectivity index (χ0) is 10.0. The Balaban J connectivity index is 2.40. The summed E-state index contributed by atoms with van der Waals surface area (Å²) in [5.41, 5.74) is 0.178. The quantitative estimate of drug-likeness (QED) is 0.690. The first kappa shape index (κ1) is 8.91. The van der Waals surface area contributed by atoms with Gasteiger partial charge in [-0.2, -0.15) is 0 Å². The first-order valence-corrected chi connectivity index (χ1v) is 4.46. The third-order valence-electron chi connectivity index (χ3n) is 2.27. The standard InChI is InChI=1S/C12H11NO/c13-11-6-8-12(14,9-7-11)10-4-2-1-3-5-10/h1-9,13-14H. The number of nitrogens with one attached hydrogen (secondary N) is 1. The van der Waals surface area contributed by atoms with E-state index in [9.17, 15) is 5.11 Å². The van der Waals surface area contributed by atoms with Crippen LogP contribution >= 0.6 is 0 Å². The Morgan fingerprint density at radius 1 is 1.00 bits per heavy atom. The normalized spacial score (nSPS) is 25.4. The third kappa shape index (κ3) is 1.52. The zero-order valence-electron chi connectivity index (χ0n) is 7.64. The topological polar surface area (TPSA) is 44.1 Å². The highest BCUT2D eigenvalue weighted by molar-refractivity contribution is 6.02. The van der Waals surface area contributed by atoms with Gasteiger partial charge in [-0.3, -0.25) is 0 Å². The summed E-state index contributed by atoms with van der Waals surface area (Å²) in [6, 6.07) is 9.40. The SMILES string of the molecule is N=C1C=CC(O)(c2ccccc2)C=C1. The monoisotopic (exact) mass is 185 g/mol. The summed E-state index contributed by atoms with van der Waals surface area (Å²) in [7, 11) is 0. The molecule has 14 heavy (non-hydrogen) atoms. The first-order valence-electron chi connectivity index (χ1n) is 4.46. The van der Waals surface area contributed by atoms with Crippen molar-refractivity contribution in [2.45, 2.75) is 5.60 Å². The minimum Gasteiger partial charge on any atom is -0.377 e. The zero-order valence-corrected chi connectivity index (χ0v) is 7.64. The third-order valence-corrected chi connectivity index (χ3v) is 2.27. The lowest BCUT2D eigenvalue weighted by molar-refractivity contribution is 0.143. The van der Waals surface area contributed by atoms with Crippen molar-refractivity contribution in [3.63, 3.8) is 0 Å². The number of hydrogen-bond donors (Lipinski definition) is 2. The Labute approximate surface area is 82.7 Å². The second-order valence-corrected chi connectivity index (χ2v) is 3.31. The van der Waals surface area contributed by atoms with E-state index in [1.54, 1.807) is 24.3 Å². The van der Waals surface area contributed by atoms with Crippen LogP contribution < -0.4 is 0 Å². The Hall–Kier alpha value is -1.67. The Morgan fingerprint density at radius 2 is 1.57 bits per heavy atom. The lowest BCUT2D eigenvalue weighted by Crippen LogP contribution is -2.22. The van der Waals surface area contributed by atoms with Gasteiger partial charge in [0.15, 0.2) is 0 Å². The molecule has 2 N–H and O–H groups in total. The Kier molecular flexibility index (Phi) is 2.06. The fourth-order valence-electron chi connectivity index (χ4n) is 1.44. The number of aliphatic hydroxyl groups is 1. The van der Waals surface area contributed by atoms with Crippen LogP contribution in [0, 0.1) is 5.41 Å². The lowest BCUT2D eigenvalue weighted by Gasteiger charge is -2.23. The van der Waals surface area contributed by atoms with Crippen LogP contribution in [0.1, 0.15) is 5.56 Å². The molecule has 70 valence electrons. The molecule has 1 aliphatic rings. The van der Waals surface area contributed by atoms with Gasteiger partial charge in [-0.1, -0.05) is 30.3 Å². The fraction of sp³-hybridized carbons (Fsp3) is 0.0833. The molecular weight excluding hydrogens is 174 g/mol. The minimum absolute atomic E-state index is 0.408. The van der Waals surface area contributed by atoms with Gasteiger partial charge in [0, 0.05) is 0 Å². The molecule has 1 aromatic carbocycles. The smallest absolute Gasteiger partial charge is 0.127 e.